The third-order valence-corrected chi connectivity index (χ3v) is 7.26. The highest BCUT2D eigenvalue weighted by molar-refractivity contribution is 7.99. The smallest absolute Gasteiger partial charge is 0.354 e. The number of aromatic nitrogens is 3. The van der Waals surface area contributed by atoms with Gasteiger partial charge < -0.3 is 34.9 Å². The molecule has 5 rings (SSSR count). The number of rotatable bonds is 9. The second-order valence-electron chi connectivity index (χ2n) is 9.03. The second-order valence-corrected chi connectivity index (χ2v) is 10.1. The standard InChI is InChI=1S/C27H23F2N7O5S/c1-35-8-7-32-24(35)15-10-14(42-27-34-12-17(26(38)39)36(27)2)4-6-19(15)40-22-16(28)11-33-25(21(22)29)41-20-9-13(23(30)31)3-5-18(20)37/h3-6,9-12,37H,7-8H2,1-2H3,(H3,30,31)(H,38,39). The Kier molecular flexibility index (Phi) is 7.67. The number of likely N-dealkylation sites (N-methyl/N-ethyl adjacent to an activating group) is 1. The number of hydrogen-bond acceptors (Lipinski definition) is 10. The molecule has 1 aliphatic rings. The Morgan fingerprint density at radius 1 is 1.10 bits per heavy atom. The maximum atomic E-state index is 15.6. The molecule has 5 N–H and O–H groups in total. The number of phenolic OH excluding ortho intramolecular Hbond substituents is 1. The summed E-state index contributed by atoms with van der Waals surface area (Å²) in [5.41, 5.74) is 6.13. The van der Waals surface area contributed by atoms with E-state index < -0.39 is 29.2 Å². The van der Waals surface area contributed by atoms with Gasteiger partial charge in [0.15, 0.2) is 22.5 Å². The number of phenols is 1. The van der Waals surface area contributed by atoms with Gasteiger partial charge in [-0.25, -0.2) is 19.2 Å². The van der Waals surface area contributed by atoms with Crippen molar-refractivity contribution in [1.82, 2.24) is 19.4 Å². The fourth-order valence-corrected chi connectivity index (χ4v) is 4.89. The molecule has 0 unspecified atom stereocenters. The number of carboxylic acids is 1. The van der Waals surface area contributed by atoms with Gasteiger partial charge in [0.05, 0.1) is 24.5 Å². The van der Waals surface area contributed by atoms with Gasteiger partial charge in [-0.2, -0.15) is 4.39 Å². The van der Waals surface area contributed by atoms with E-state index in [1.807, 2.05) is 11.9 Å². The molecule has 1 aliphatic heterocycles. The number of imidazole rings is 1. The molecule has 42 heavy (non-hydrogen) atoms. The topological polar surface area (TPSA) is 172 Å². The lowest BCUT2D eigenvalue weighted by Crippen LogP contribution is -2.24. The van der Waals surface area contributed by atoms with Crippen LogP contribution in [0.2, 0.25) is 0 Å². The van der Waals surface area contributed by atoms with Crippen LogP contribution in [0.3, 0.4) is 0 Å². The number of nitrogens with zero attached hydrogens (tertiary/aromatic N) is 5. The highest BCUT2D eigenvalue weighted by Gasteiger charge is 2.25. The van der Waals surface area contributed by atoms with Crippen LogP contribution in [0.1, 0.15) is 21.6 Å². The molecule has 2 aromatic heterocycles. The first-order valence-corrected chi connectivity index (χ1v) is 13.0. The molecule has 0 bridgehead atoms. The minimum atomic E-state index is -1.28. The molecule has 3 heterocycles. The number of benzene rings is 2. The molecule has 4 aromatic rings. The number of nitrogen functional groups attached to an aromatic ring is 1. The number of aromatic carboxylic acids is 1. The number of carbonyl (C=O) groups is 1. The van der Waals surface area contributed by atoms with Crippen molar-refractivity contribution in [2.45, 2.75) is 10.1 Å². The van der Waals surface area contributed by atoms with Gasteiger partial charge in [-0.05, 0) is 36.4 Å². The lowest BCUT2D eigenvalue weighted by Gasteiger charge is -2.19. The van der Waals surface area contributed by atoms with E-state index in [0.29, 0.717) is 40.7 Å². The number of carboxylic acid groups (broad SMARTS) is 1. The van der Waals surface area contributed by atoms with Crippen molar-refractivity contribution in [2.24, 2.45) is 17.8 Å². The maximum absolute atomic E-state index is 15.6. The summed E-state index contributed by atoms with van der Waals surface area (Å²) in [7, 11) is 3.39. The normalized spacial score (nSPS) is 12.8. The third-order valence-electron chi connectivity index (χ3n) is 6.21. The highest BCUT2D eigenvalue weighted by Crippen LogP contribution is 2.39. The van der Waals surface area contributed by atoms with Crippen LogP contribution >= 0.6 is 11.8 Å². The first-order valence-electron chi connectivity index (χ1n) is 12.2. The lowest BCUT2D eigenvalue weighted by molar-refractivity contribution is 0.0685. The number of amidine groups is 2. The van der Waals surface area contributed by atoms with Crippen molar-refractivity contribution in [3.8, 4) is 28.9 Å². The van der Waals surface area contributed by atoms with E-state index in [4.69, 9.17) is 20.6 Å². The Bertz CT molecular complexity index is 1760. The van der Waals surface area contributed by atoms with Gasteiger partial charge in [0.2, 0.25) is 11.6 Å². The van der Waals surface area contributed by atoms with Crippen LogP contribution in [-0.2, 0) is 7.05 Å². The molecule has 0 saturated heterocycles. The molecule has 2 aromatic carbocycles. The summed E-state index contributed by atoms with van der Waals surface area (Å²) in [6, 6.07) is 8.65. The number of nitrogens with two attached hydrogens (primary N) is 1. The average Bonchev–Trinajstić information content (AvgIpc) is 3.54. The largest absolute Gasteiger partial charge is 0.504 e. The Hall–Kier alpha value is -5.18. The number of nitrogens with one attached hydrogen (secondary N) is 1. The Labute approximate surface area is 241 Å². The van der Waals surface area contributed by atoms with E-state index in [0.717, 1.165) is 0 Å². The minimum absolute atomic E-state index is 0.0144. The van der Waals surface area contributed by atoms with Gasteiger partial charge >= 0.3 is 5.97 Å². The van der Waals surface area contributed by atoms with Crippen LogP contribution in [0, 0.1) is 17.0 Å². The van der Waals surface area contributed by atoms with E-state index in [9.17, 15) is 19.4 Å². The lowest BCUT2D eigenvalue weighted by atomic mass is 10.1. The highest BCUT2D eigenvalue weighted by atomic mass is 32.2. The van der Waals surface area contributed by atoms with Crippen LogP contribution in [-0.4, -0.2) is 67.4 Å². The summed E-state index contributed by atoms with van der Waals surface area (Å²) < 4.78 is 43.0. The van der Waals surface area contributed by atoms with E-state index in [1.165, 1.54) is 46.8 Å². The number of hydrogen-bond donors (Lipinski definition) is 4. The van der Waals surface area contributed by atoms with Gasteiger partial charge in [-0.15, -0.1) is 0 Å². The second kappa shape index (κ2) is 11.4. The molecule has 0 fully saturated rings. The Morgan fingerprint density at radius 2 is 1.88 bits per heavy atom. The molecule has 0 spiro atoms. The quantitative estimate of drug-likeness (QED) is 0.162. The maximum Gasteiger partial charge on any atom is 0.354 e. The van der Waals surface area contributed by atoms with Crippen LogP contribution in [0.5, 0.6) is 28.9 Å². The monoisotopic (exact) mass is 595 g/mol. The van der Waals surface area contributed by atoms with Crippen molar-refractivity contribution in [1.29, 1.82) is 5.41 Å². The van der Waals surface area contributed by atoms with Crippen LogP contribution in [0.25, 0.3) is 0 Å². The summed E-state index contributed by atoms with van der Waals surface area (Å²) in [6.07, 6.45) is 1.96. The van der Waals surface area contributed by atoms with Crippen LogP contribution in [0.4, 0.5) is 8.78 Å². The SMILES string of the molecule is CN1CCN=C1c1cc(Sc2ncc(C(=O)O)n2C)ccc1Oc1c(F)cnc(Oc2cc(C(=N)N)ccc2O)c1F. The predicted octanol–water partition coefficient (Wildman–Crippen LogP) is 4.21. The van der Waals surface area contributed by atoms with Gasteiger partial charge in [-0.1, -0.05) is 11.8 Å². The van der Waals surface area contributed by atoms with E-state index in [1.54, 1.807) is 19.2 Å². The molecule has 0 amide bonds. The predicted molar refractivity (Wildman–Crippen MR) is 148 cm³/mol. The van der Waals surface area contributed by atoms with Crippen LogP contribution in [0.15, 0.2) is 63.8 Å². The summed E-state index contributed by atoms with van der Waals surface area (Å²) in [5.74, 6) is -5.33. The summed E-state index contributed by atoms with van der Waals surface area (Å²) >= 11 is 1.19. The first-order chi connectivity index (χ1) is 20.0. The molecule has 0 atom stereocenters. The molecular weight excluding hydrogens is 572 g/mol. The van der Waals surface area contributed by atoms with Crippen molar-refractivity contribution in [3.05, 3.63) is 77.2 Å². The molecule has 216 valence electrons. The zero-order chi connectivity index (χ0) is 30.1. The first kappa shape index (κ1) is 28.4. The molecule has 12 nitrogen and oxygen atoms in total. The van der Waals surface area contributed by atoms with E-state index in [2.05, 4.69) is 15.0 Å². The summed E-state index contributed by atoms with van der Waals surface area (Å²) in [6.45, 7) is 1.12. The van der Waals surface area contributed by atoms with Crippen LogP contribution < -0.4 is 15.2 Å². The molecule has 15 heteroatoms. The minimum Gasteiger partial charge on any atom is -0.504 e. The van der Waals surface area contributed by atoms with Gasteiger partial charge in [-0.3, -0.25) is 10.4 Å². The number of pyridine rings is 1. The van der Waals surface area contributed by atoms with Gasteiger partial charge in [0, 0.05) is 31.1 Å². The zero-order valence-electron chi connectivity index (χ0n) is 22.1. The van der Waals surface area contributed by atoms with Crippen molar-refractivity contribution in [2.75, 3.05) is 20.1 Å². The summed E-state index contributed by atoms with van der Waals surface area (Å²) in [4.78, 5) is 26.2. The average molecular weight is 596 g/mol. The van der Waals surface area contributed by atoms with Gasteiger partial charge in [0.1, 0.15) is 23.1 Å². The van der Waals surface area contributed by atoms with Crippen molar-refractivity contribution in [3.63, 3.8) is 0 Å². The van der Waals surface area contributed by atoms with E-state index >= 15 is 4.39 Å². The molecule has 0 aliphatic carbocycles. The zero-order valence-corrected chi connectivity index (χ0v) is 22.9. The fourth-order valence-electron chi connectivity index (χ4n) is 4.03. The Morgan fingerprint density at radius 3 is 2.55 bits per heavy atom. The number of aliphatic imine (C=N–C) groups is 1. The molecular formula is C27H23F2N7O5S. The number of halogens is 2. The van der Waals surface area contributed by atoms with Crippen molar-refractivity contribution >= 4 is 29.4 Å². The van der Waals surface area contributed by atoms with Crippen molar-refractivity contribution < 1.29 is 33.3 Å². The number of aromatic hydroxyl groups is 1. The van der Waals surface area contributed by atoms with Gasteiger partial charge in [0.25, 0.3) is 5.88 Å². The summed E-state index contributed by atoms with van der Waals surface area (Å²) in [5, 5.41) is 27.4. The fraction of sp³-hybridized carbons (Fsp3) is 0.148. The van der Waals surface area contributed by atoms with E-state index in [-0.39, 0.29) is 34.3 Å². The third kappa shape index (κ3) is 5.54. The Balaban J connectivity index is 1.50. The molecule has 0 saturated carbocycles. The molecule has 0 radical (unpaired) electrons. The number of ether oxygens (including phenoxy) is 2.